The Hall–Kier alpha value is -1.30. The van der Waals surface area contributed by atoms with Crippen molar-refractivity contribution < 1.29 is 19.4 Å². The van der Waals surface area contributed by atoms with Gasteiger partial charge in [0.05, 0.1) is 0 Å². The summed E-state index contributed by atoms with van der Waals surface area (Å²) in [6.07, 6.45) is 4.51. The van der Waals surface area contributed by atoms with E-state index in [0.717, 1.165) is 18.8 Å². The number of hydrogen-bond acceptors (Lipinski definition) is 4. The van der Waals surface area contributed by atoms with Crippen LogP contribution in [-0.2, 0) is 9.53 Å². The highest BCUT2D eigenvalue weighted by Crippen LogP contribution is 2.33. The third-order valence-corrected chi connectivity index (χ3v) is 5.20. The molecule has 1 aliphatic carbocycles. The molecule has 1 saturated carbocycles. The number of carbonyl (C=O) groups is 2. The summed E-state index contributed by atoms with van der Waals surface area (Å²) < 4.78 is 5.42. The van der Waals surface area contributed by atoms with E-state index in [1.807, 2.05) is 0 Å². The molecule has 0 aromatic heterocycles. The average molecular weight is 340 g/mol. The molecule has 2 N–H and O–H groups in total. The van der Waals surface area contributed by atoms with Gasteiger partial charge in [-0.1, -0.05) is 6.92 Å². The van der Waals surface area contributed by atoms with Gasteiger partial charge in [-0.15, -0.1) is 0 Å². The molecule has 1 amide bonds. The molecule has 1 saturated heterocycles. The first-order valence-corrected chi connectivity index (χ1v) is 9.01. The number of carboxylic acid groups (broad SMARTS) is 1. The number of ether oxygens (including phenoxy) is 1. The minimum Gasteiger partial charge on any atom is -0.480 e. The largest absolute Gasteiger partial charge is 0.480 e. The maximum absolute atomic E-state index is 12.5. The molecule has 24 heavy (non-hydrogen) atoms. The van der Waals surface area contributed by atoms with E-state index in [-0.39, 0.29) is 6.04 Å². The van der Waals surface area contributed by atoms with Gasteiger partial charge in [0.15, 0.2) is 0 Å². The standard InChI is InChI=1S/C18H32N2O4/c1-12-6-8-13(9-7-12)19-14-10-18(5,15(21)22)20(11-14)16(23)24-17(2,3)4/h12-14,19H,6-11H2,1-5H3,(H,21,22)/t12?,13?,14-,18-/m0/s1. The molecule has 2 aliphatic rings. The Morgan fingerprint density at radius 1 is 1.17 bits per heavy atom. The molecular weight excluding hydrogens is 308 g/mol. The Labute approximate surface area is 144 Å². The zero-order chi connectivity index (χ0) is 18.1. The number of likely N-dealkylation sites (tertiary alicyclic amines) is 1. The number of nitrogens with one attached hydrogen (secondary N) is 1. The topological polar surface area (TPSA) is 78.9 Å². The number of aliphatic carboxylic acids is 1. The monoisotopic (exact) mass is 340 g/mol. The summed E-state index contributed by atoms with van der Waals surface area (Å²) in [5, 5.41) is 13.3. The van der Waals surface area contributed by atoms with E-state index >= 15 is 0 Å². The van der Waals surface area contributed by atoms with Crippen molar-refractivity contribution in [2.45, 2.75) is 89.9 Å². The molecular formula is C18H32N2O4. The summed E-state index contributed by atoms with van der Waals surface area (Å²) >= 11 is 0. The number of carboxylic acids is 1. The van der Waals surface area contributed by atoms with Crippen molar-refractivity contribution >= 4 is 12.1 Å². The van der Waals surface area contributed by atoms with Gasteiger partial charge >= 0.3 is 12.1 Å². The van der Waals surface area contributed by atoms with Crippen LogP contribution >= 0.6 is 0 Å². The van der Waals surface area contributed by atoms with Gasteiger partial charge in [0.2, 0.25) is 0 Å². The molecule has 0 spiro atoms. The SMILES string of the molecule is CC1CCC(N[C@@H]2CN(C(=O)OC(C)(C)C)[C@](C)(C(=O)O)C2)CC1. The van der Waals surface area contributed by atoms with Gasteiger partial charge in [-0.3, -0.25) is 4.90 Å². The predicted molar refractivity (Wildman–Crippen MR) is 91.9 cm³/mol. The Kier molecular flexibility index (Phi) is 5.47. The number of amides is 1. The van der Waals surface area contributed by atoms with Crippen molar-refractivity contribution in [2.24, 2.45) is 5.92 Å². The average Bonchev–Trinajstić information content (AvgIpc) is 2.78. The fourth-order valence-corrected chi connectivity index (χ4v) is 3.74. The van der Waals surface area contributed by atoms with Crippen LogP contribution in [0.3, 0.4) is 0 Å². The van der Waals surface area contributed by atoms with Crippen molar-refractivity contribution in [1.29, 1.82) is 0 Å². The Balaban J connectivity index is 2.04. The maximum atomic E-state index is 12.5. The van der Waals surface area contributed by atoms with Crippen LogP contribution in [0.15, 0.2) is 0 Å². The van der Waals surface area contributed by atoms with E-state index < -0.39 is 23.2 Å². The molecule has 0 bridgehead atoms. The van der Waals surface area contributed by atoms with Crippen molar-refractivity contribution in [1.82, 2.24) is 10.2 Å². The number of rotatable bonds is 3. The highest BCUT2D eigenvalue weighted by Gasteiger charge is 2.51. The first-order chi connectivity index (χ1) is 11.0. The Bertz CT molecular complexity index is 480. The minimum atomic E-state index is -1.22. The van der Waals surface area contributed by atoms with Crippen LogP contribution in [-0.4, -0.2) is 51.8 Å². The van der Waals surface area contributed by atoms with E-state index in [4.69, 9.17) is 4.74 Å². The van der Waals surface area contributed by atoms with E-state index in [1.165, 1.54) is 17.7 Å². The first kappa shape index (κ1) is 19.0. The lowest BCUT2D eigenvalue weighted by Gasteiger charge is -2.32. The molecule has 6 nitrogen and oxygen atoms in total. The second kappa shape index (κ2) is 6.90. The number of hydrogen-bond donors (Lipinski definition) is 2. The molecule has 0 unspecified atom stereocenters. The van der Waals surface area contributed by atoms with Crippen molar-refractivity contribution in [3.63, 3.8) is 0 Å². The quantitative estimate of drug-likeness (QED) is 0.826. The molecule has 2 atom stereocenters. The van der Waals surface area contributed by atoms with Crippen LogP contribution in [0.5, 0.6) is 0 Å². The Morgan fingerprint density at radius 3 is 2.25 bits per heavy atom. The molecule has 2 fully saturated rings. The normalized spacial score (nSPS) is 34.2. The molecule has 0 aromatic carbocycles. The van der Waals surface area contributed by atoms with E-state index in [0.29, 0.717) is 19.0 Å². The predicted octanol–water partition coefficient (Wildman–Crippen LogP) is 3.01. The van der Waals surface area contributed by atoms with Crippen molar-refractivity contribution in [2.75, 3.05) is 6.54 Å². The Morgan fingerprint density at radius 2 is 1.75 bits per heavy atom. The van der Waals surface area contributed by atoms with Gasteiger partial charge in [0.1, 0.15) is 11.1 Å². The van der Waals surface area contributed by atoms with E-state index in [2.05, 4.69) is 12.2 Å². The van der Waals surface area contributed by atoms with Crippen LogP contribution in [0.25, 0.3) is 0 Å². The maximum Gasteiger partial charge on any atom is 0.411 e. The lowest BCUT2D eigenvalue weighted by atomic mass is 9.87. The van der Waals surface area contributed by atoms with Crippen LogP contribution in [0.2, 0.25) is 0 Å². The molecule has 0 radical (unpaired) electrons. The first-order valence-electron chi connectivity index (χ1n) is 9.01. The number of nitrogens with zero attached hydrogens (tertiary/aromatic N) is 1. The minimum absolute atomic E-state index is 0.00276. The zero-order valence-electron chi connectivity index (χ0n) is 15.6. The van der Waals surface area contributed by atoms with Crippen molar-refractivity contribution in [3.8, 4) is 0 Å². The molecule has 1 heterocycles. The highest BCUT2D eigenvalue weighted by atomic mass is 16.6. The summed E-state index contributed by atoms with van der Waals surface area (Å²) in [6.45, 7) is 9.64. The van der Waals surface area contributed by atoms with Gasteiger partial charge in [0, 0.05) is 18.6 Å². The second-order valence-corrected chi connectivity index (χ2v) is 8.69. The van der Waals surface area contributed by atoms with E-state index in [9.17, 15) is 14.7 Å². The summed E-state index contributed by atoms with van der Waals surface area (Å²) in [6, 6.07) is 0.417. The molecule has 138 valence electrons. The van der Waals surface area contributed by atoms with Crippen LogP contribution in [0.1, 0.15) is 66.7 Å². The van der Waals surface area contributed by atoms with Gasteiger partial charge in [-0.25, -0.2) is 9.59 Å². The molecule has 1 aliphatic heterocycles. The highest BCUT2D eigenvalue weighted by molar-refractivity contribution is 5.85. The second-order valence-electron chi connectivity index (χ2n) is 8.69. The summed E-state index contributed by atoms with van der Waals surface area (Å²) in [4.78, 5) is 25.7. The molecule has 6 heteroatoms. The fraction of sp³-hybridized carbons (Fsp3) is 0.889. The smallest absolute Gasteiger partial charge is 0.411 e. The summed E-state index contributed by atoms with van der Waals surface area (Å²) in [5.74, 6) is -0.205. The van der Waals surface area contributed by atoms with Crippen LogP contribution in [0, 0.1) is 5.92 Å². The van der Waals surface area contributed by atoms with E-state index in [1.54, 1.807) is 27.7 Å². The summed E-state index contributed by atoms with van der Waals surface area (Å²) in [5.41, 5.74) is -1.86. The van der Waals surface area contributed by atoms with Gasteiger partial charge in [-0.05, 0) is 65.7 Å². The fourth-order valence-electron chi connectivity index (χ4n) is 3.74. The lowest BCUT2D eigenvalue weighted by molar-refractivity contribution is -0.148. The zero-order valence-corrected chi connectivity index (χ0v) is 15.6. The summed E-state index contributed by atoms with van der Waals surface area (Å²) in [7, 11) is 0. The third kappa shape index (κ3) is 4.41. The van der Waals surface area contributed by atoms with Crippen LogP contribution < -0.4 is 5.32 Å². The lowest BCUT2D eigenvalue weighted by Crippen LogP contribution is -2.52. The third-order valence-electron chi connectivity index (χ3n) is 5.20. The molecule has 2 rings (SSSR count). The number of carbonyl (C=O) groups excluding carboxylic acids is 1. The van der Waals surface area contributed by atoms with Crippen molar-refractivity contribution in [3.05, 3.63) is 0 Å². The van der Waals surface area contributed by atoms with Gasteiger partial charge in [-0.2, -0.15) is 0 Å². The molecule has 0 aromatic rings. The van der Waals surface area contributed by atoms with Crippen LogP contribution in [0.4, 0.5) is 4.79 Å². The van der Waals surface area contributed by atoms with Gasteiger partial charge in [0.25, 0.3) is 0 Å². The van der Waals surface area contributed by atoms with Gasteiger partial charge < -0.3 is 15.2 Å².